The highest BCUT2D eigenvalue weighted by Crippen LogP contribution is 2.33. The Kier molecular flexibility index (Phi) is 4.57. The number of fused-ring (bicyclic) bond motifs is 2. The van der Waals surface area contributed by atoms with Crippen molar-refractivity contribution in [1.29, 1.82) is 0 Å². The number of benzene rings is 1. The van der Waals surface area contributed by atoms with E-state index in [0.29, 0.717) is 23.8 Å². The molecule has 0 spiro atoms. The number of sulfonamides is 1. The zero-order chi connectivity index (χ0) is 20.8. The van der Waals surface area contributed by atoms with Crippen molar-refractivity contribution in [3.8, 4) is 0 Å². The lowest BCUT2D eigenvalue weighted by atomic mass is 9.94. The first-order valence-electron chi connectivity index (χ1n) is 9.36. The maximum Gasteiger partial charge on any atom is 0.274 e. The summed E-state index contributed by atoms with van der Waals surface area (Å²) in [6.07, 6.45) is 9.68. The fourth-order valence-corrected chi connectivity index (χ4v) is 4.90. The summed E-state index contributed by atoms with van der Waals surface area (Å²) >= 11 is 0. The fourth-order valence-electron chi connectivity index (χ4n) is 3.91. The Balaban J connectivity index is 1.53. The van der Waals surface area contributed by atoms with E-state index < -0.39 is 15.6 Å². The van der Waals surface area contributed by atoms with Crippen molar-refractivity contribution in [1.82, 2.24) is 4.90 Å². The molecule has 2 amide bonds. The minimum Gasteiger partial charge on any atom is -0.326 e. The molecule has 4 rings (SSSR count). The zero-order valence-electron chi connectivity index (χ0n) is 16.3. The SMILES string of the molecule is CC1(CC(=O)Nc2ccc3c(c2)N(S(C)(=O)=O)CCC3)C(=O)N=C2C=CC=CN21. The van der Waals surface area contributed by atoms with Crippen LogP contribution in [0.3, 0.4) is 0 Å². The second-order valence-corrected chi connectivity index (χ2v) is 9.53. The quantitative estimate of drug-likeness (QED) is 0.810. The lowest BCUT2D eigenvalue weighted by molar-refractivity contribution is -0.128. The Morgan fingerprint density at radius 2 is 2.10 bits per heavy atom. The van der Waals surface area contributed by atoms with Crippen LogP contribution in [0.5, 0.6) is 0 Å². The first-order valence-corrected chi connectivity index (χ1v) is 11.2. The third-order valence-electron chi connectivity index (χ3n) is 5.40. The maximum absolute atomic E-state index is 12.7. The summed E-state index contributed by atoms with van der Waals surface area (Å²) in [6, 6.07) is 5.27. The number of hydrogen-bond donors (Lipinski definition) is 1. The van der Waals surface area contributed by atoms with Crippen LogP contribution in [0.25, 0.3) is 0 Å². The number of aliphatic imine (C=N–C) groups is 1. The summed E-state index contributed by atoms with van der Waals surface area (Å²) in [4.78, 5) is 30.9. The van der Waals surface area contributed by atoms with Crippen LogP contribution in [0.15, 0.2) is 47.6 Å². The average molecular weight is 414 g/mol. The number of hydrogen-bond acceptors (Lipinski definition) is 5. The highest BCUT2D eigenvalue weighted by molar-refractivity contribution is 7.92. The molecule has 1 aromatic carbocycles. The monoisotopic (exact) mass is 414 g/mol. The van der Waals surface area contributed by atoms with Gasteiger partial charge in [-0.25, -0.2) is 8.42 Å². The number of amidine groups is 1. The number of allylic oxidation sites excluding steroid dienone is 2. The van der Waals surface area contributed by atoms with Gasteiger partial charge in [0.05, 0.1) is 18.4 Å². The molecule has 3 aliphatic heterocycles. The third-order valence-corrected chi connectivity index (χ3v) is 6.58. The van der Waals surface area contributed by atoms with Gasteiger partial charge >= 0.3 is 0 Å². The van der Waals surface area contributed by atoms with E-state index >= 15 is 0 Å². The van der Waals surface area contributed by atoms with Crippen molar-refractivity contribution < 1.29 is 18.0 Å². The Bertz CT molecular complexity index is 1090. The van der Waals surface area contributed by atoms with Gasteiger partial charge in [-0.1, -0.05) is 12.1 Å². The molecule has 1 N–H and O–H groups in total. The number of nitrogens with one attached hydrogen (secondary N) is 1. The van der Waals surface area contributed by atoms with E-state index in [-0.39, 0.29) is 18.2 Å². The normalized spacial score (nSPS) is 23.0. The van der Waals surface area contributed by atoms with Crippen LogP contribution in [0.2, 0.25) is 0 Å². The van der Waals surface area contributed by atoms with Gasteiger partial charge in [-0.2, -0.15) is 4.99 Å². The summed E-state index contributed by atoms with van der Waals surface area (Å²) < 4.78 is 25.6. The Labute approximate surface area is 169 Å². The van der Waals surface area contributed by atoms with Crippen LogP contribution in [-0.4, -0.2) is 49.3 Å². The zero-order valence-corrected chi connectivity index (χ0v) is 17.1. The number of carbonyl (C=O) groups is 2. The topological polar surface area (TPSA) is 99.2 Å². The summed E-state index contributed by atoms with van der Waals surface area (Å²) in [5, 5.41) is 2.80. The predicted octanol–water partition coefficient (Wildman–Crippen LogP) is 1.81. The number of rotatable bonds is 4. The van der Waals surface area contributed by atoms with E-state index in [1.165, 1.54) is 10.6 Å². The minimum atomic E-state index is -3.39. The van der Waals surface area contributed by atoms with E-state index in [1.807, 2.05) is 6.07 Å². The van der Waals surface area contributed by atoms with Gasteiger partial charge < -0.3 is 10.2 Å². The first kappa shape index (κ1) is 19.4. The smallest absolute Gasteiger partial charge is 0.274 e. The Hall–Kier alpha value is -2.94. The Morgan fingerprint density at radius 3 is 2.86 bits per heavy atom. The highest BCUT2D eigenvalue weighted by Gasteiger charge is 2.46. The second kappa shape index (κ2) is 6.84. The average Bonchev–Trinajstić information content (AvgIpc) is 2.90. The molecule has 0 aromatic heterocycles. The molecule has 1 aromatic rings. The molecule has 0 radical (unpaired) electrons. The summed E-state index contributed by atoms with van der Waals surface area (Å²) in [5.41, 5.74) is 0.928. The van der Waals surface area contributed by atoms with Gasteiger partial charge in [-0.15, -0.1) is 0 Å². The van der Waals surface area contributed by atoms with Crippen molar-refractivity contribution in [2.24, 2.45) is 4.99 Å². The van der Waals surface area contributed by atoms with E-state index in [9.17, 15) is 18.0 Å². The molecular weight excluding hydrogens is 392 g/mol. The van der Waals surface area contributed by atoms with Crippen LogP contribution in [-0.2, 0) is 26.0 Å². The minimum absolute atomic E-state index is 0.0795. The van der Waals surface area contributed by atoms with Crippen LogP contribution in [0.4, 0.5) is 11.4 Å². The van der Waals surface area contributed by atoms with Crippen molar-refractivity contribution in [3.63, 3.8) is 0 Å². The molecule has 0 bridgehead atoms. The number of carbonyl (C=O) groups excluding carboxylic acids is 2. The number of anilines is 2. The van der Waals surface area contributed by atoms with Gasteiger partial charge in [0.25, 0.3) is 5.91 Å². The number of amides is 2. The van der Waals surface area contributed by atoms with Gasteiger partial charge in [0, 0.05) is 18.4 Å². The van der Waals surface area contributed by atoms with Gasteiger partial charge in [0.15, 0.2) is 0 Å². The van der Waals surface area contributed by atoms with Crippen molar-refractivity contribution in [2.75, 3.05) is 22.4 Å². The molecule has 152 valence electrons. The summed E-state index contributed by atoms with van der Waals surface area (Å²) in [5.74, 6) is -0.195. The van der Waals surface area contributed by atoms with Crippen LogP contribution in [0, 0.1) is 0 Å². The number of nitrogens with zero attached hydrogens (tertiary/aromatic N) is 3. The molecule has 0 saturated heterocycles. The van der Waals surface area contributed by atoms with Gasteiger partial charge in [0.2, 0.25) is 15.9 Å². The largest absolute Gasteiger partial charge is 0.326 e. The Morgan fingerprint density at radius 1 is 1.31 bits per heavy atom. The van der Waals surface area contributed by atoms with Crippen LogP contribution < -0.4 is 9.62 Å². The molecule has 1 unspecified atom stereocenters. The van der Waals surface area contributed by atoms with Crippen LogP contribution in [0.1, 0.15) is 25.3 Å². The third kappa shape index (κ3) is 3.46. The molecule has 8 nitrogen and oxygen atoms in total. The van der Waals surface area contributed by atoms with E-state index in [0.717, 1.165) is 18.4 Å². The van der Waals surface area contributed by atoms with Gasteiger partial charge in [-0.3, -0.25) is 13.9 Å². The van der Waals surface area contributed by atoms with Crippen LogP contribution >= 0.6 is 0 Å². The van der Waals surface area contributed by atoms with E-state index in [2.05, 4.69) is 10.3 Å². The lowest BCUT2D eigenvalue weighted by Crippen LogP contribution is -2.48. The number of aryl methyl sites for hydroxylation is 1. The lowest BCUT2D eigenvalue weighted by Gasteiger charge is -2.32. The fraction of sp³-hybridized carbons (Fsp3) is 0.350. The standard InChI is InChI=1S/C20H22N4O4S/c1-20(19(26)22-17-7-3-4-10-23(17)20)13-18(25)21-15-9-8-14-6-5-11-24(16(14)12-15)29(2,27)28/h3-4,7-10,12H,5-6,11,13H2,1-2H3,(H,21,25). The molecule has 0 aliphatic carbocycles. The molecule has 1 atom stereocenters. The van der Waals surface area contributed by atoms with Gasteiger partial charge in [0.1, 0.15) is 11.4 Å². The van der Waals surface area contributed by atoms with Crippen molar-refractivity contribution in [3.05, 3.63) is 48.2 Å². The highest BCUT2D eigenvalue weighted by atomic mass is 32.2. The predicted molar refractivity (Wildman–Crippen MR) is 111 cm³/mol. The van der Waals surface area contributed by atoms with E-state index in [4.69, 9.17) is 0 Å². The molecule has 3 aliphatic rings. The van der Waals surface area contributed by atoms with E-state index in [1.54, 1.807) is 48.4 Å². The van der Waals surface area contributed by atoms with Gasteiger partial charge in [-0.05, 0) is 49.6 Å². The molecule has 0 saturated carbocycles. The second-order valence-electron chi connectivity index (χ2n) is 7.63. The first-order chi connectivity index (χ1) is 13.7. The van der Waals surface area contributed by atoms with Crippen molar-refractivity contribution >= 4 is 39.0 Å². The molecular formula is C20H22N4O4S. The summed E-state index contributed by atoms with van der Waals surface area (Å²) in [6.45, 7) is 2.11. The molecule has 29 heavy (non-hydrogen) atoms. The summed E-state index contributed by atoms with van der Waals surface area (Å²) in [7, 11) is -3.39. The molecule has 0 fully saturated rings. The molecule has 3 heterocycles. The molecule has 9 heteroatoms. The maximum atomic E-state index is 12.7. The van der Waals surface area contributed by atoms with Crippen molar-refractivity contribution in [2.45, 2.75) is 31.7 Å².